The summed E-state index contributed by atoms with van der Waals surface area (Å²) in [6.07, 6.45) is 17.9. The number of nitrogens with zero attached hydrogens (tertiary/aromatic N) is 2. The van der Waals surface area contributed by atoms with E-state index >= 15 is 0 Å². The highest BCUT2D eigenvalue weighted by Crippen LogP contribution is 2.35. The number of ether oxygens (including phenoxy) is 4. The highest BCUT2D eigenvalue weighted by atomic mass is 16.6. The molecule has 4 rings (SSSR count). The van der Waals surface area contributed by atoms with Crippen molar-refractivity contribution in [2.75, 3.05) is 41.4 Å². The van der Waals surface area contributed by atoms with Gasteiger partial charge in [-0.25, -0.2) is 9.59 Å². The minimum atomic E-state index is -0.588. The Labute approximate surface area is 301 Å². The number of benzene rings is 2. The fourth-order valence-corrected chi connectivity index (χ4v) is 7.51. The summed E-state index contributed by atoms with van der Waals surface area (Å²) < 4.78 is 24.9. The molecule has 0 saturated heterocycles. The summed E-state index contributed by atoms with van der Waals surface area (Å²) in [5.41, 5.74) is 2.18. The second kappa shape index (κ2) is 20.7. The molecule has 0 radical (unpaired) electrons. The molecule has 0 amide bonds. The molecule has 2 atom stereocenters. The summed E-state index contributed by atoms with van der Waals surface area (Å²) in [4.78, 5) is 29.4. The average molecular weight is 691 g/mol. The fraction of sp³-hybridized carbons (Fsp3) is 0.619. The van der Waals surface area contributed by atoms with E-state index in [-0.39, 0.29) is 11.2 Å². The molecule has 50 heavy (non-hydrogen) atoms. The number of esters is 2. The predicted molar refractivity (Wildman–Crippen MR) is 199 cm³/mol. The SMILES string of the molecule is CN(C)C(CCOC1(Cc2ccccc2)CCCCCC1)OC(=O)/C=C/C(=O)OC(CCOC1(Cc2ccccc2)CCCCCC1)N(C)C. The Morgan fingerprint density at radius 2 is 0.920 bits per heavy atom. The van der Waals surface area contributed by atoms with Crippen molar-refractivity contribution in [3.63, 3.8) is 0 Å². The van der Waals surface area contributed by atoms with Crippen molar-refractivity contribution >= 4 is 11.9 Å². The first-order chi connectivity index (χ1) is 24.2. The smallest absolute Gasteiger partial charge is 0.332 e. The quantitative estimate of drug-likeness (QED) is 0.0677. The molecule has 2 aliphatic rings. The van der Waals surface area contributed by atoms with Crippen LogP contribution < -0.4 is 0 Å². The summed E-state index contributed by atoms with van der Waals surface area (Å²) in [5, 5.41) is 0. The van der Waals surface area contributed by atoms with Crippen molar-refractivity contribution < 1.29 is 28.5 Å². The van der Waals surface area contributed by atoms with Gasteiger partial charge in [-0.05, 0) is 65.0 Å². The van der Waals surface area contributed by atoms with Crippen LogP contribution in [0.5, 0.6) is 0 Å². The molecule has 0 aliphatic heterocycles. The van der Waals surface area contributed by atoms with Crippen molar-refractivity contribution in [2.24, 2.45) is 0 Å². The van der Waals surface area contributed by atoms with Crippen LogP contribution in [0.4, 0.5) is 0 Å². The molecule has 8 nitrogen and oxygen atoms in total. The topological polar surface area (TPSA) is 77.5 Å². The molecule has 2 fully saturated rings. The Balaban J connectivity index is 1.26. The highest BCUT2D eigenvalue weighted by molar-refractivity contribution is 5.91. The van der Waals surface area contributed by atoms with Crippen LogP contribution in [0.25, 0.3) is 0 Å². The van der Waals surface area contributed by atoms with E-state index in [9.17, 15) is 9.59 Å². The van der Waals surface area contributed by atoms with Crippen LogP contribution in [0, 0.1) is 0 Å². The molecule has 2 aromatic rings. The molecule has 0 N–H and O–H groups in total. The second-order valence-corrected chi connectivity index (χ2v) is 14.8. The third kappa shape index (κ3) is 13.6. The third-order valence-corrected chi connectivity index (χ3v) is 10.3. The van der Waals surface area contributed by atoms with Gasteiger partial charge in [0.2, 0.25) is 0 Å². The van der Waals surface area contributed by atoms with Crippen LogP contribution in [0.2, 0.25) is 0 Å². The normalized spacial score (nSPS) is 19.1. The van der Waals surface area contributed by atoms with Crippen LogP contribution >= 0.6 is 0 Å². The lowest BCUT2D eigenvalue weighted by atomic mass is 9.87. The molecule has 2 unspecified atom stereocenters. The van der Waals surface area contributed by atoms with Crippen molar-refractivity contribution in [3.05, 3.63) is 83.9 Å². The molecule has 0 bridgehead atoms. The van der Waals surface area contributed by atoms with E-state index in [0.717, 1.165) is 76.4 Å². The van der Waals surface area contributed by atoms with Gasteiger partial charge in [-0.3, -0.25) is 9.80 Å². The minimum Gasteiger partial charge on any atom is -0.443 e. The molecule has 2 aliphatic carbocycles. The first kappa shape index (κ1) is 39.7. The van der Waals surface area contributed by atoms with E-state index in [1.807, 2.05) is 50.1 Å². The van der Waals surface area contributed by atoms with Crippen molar-refractivity contribution in [2.45, 2.75) is 126 Å². The zero-order valence-electron chi connectivity index (χ0n) is 31.2. The van der Waals surface area contributed by atoms with Crippen molar-refractivity contribution in [1.82, 2.24) is 9.80 Å². The van der Waals surface area contributed by atoms with Gasteiger partial charge in [-0.2, -0.15) is 0 Å². The minimum absolute atomic E-state index is 0.200. The molecule has 2 aromatic carbocycles. The largest absolute Gasteiger partial charge is 0.443 e. The van der Waals surface area contributed by atoms with E-state index < -0.39 is 24.4 Å². The van der Waals surface area contributed by atoms with Gasteiger partial charge in [0.25, 0.3) is 0 Å². The van der Waals surface area contributed by atoms with Crippen LogP contribution in [-0.4, -0.2) is 86.8 Å². The first-order valence-corrected chi connectivity index (χ1v) is 19.0. The van der Waals surface area contributed by atoms with E-state index in [0.29, 0.717) is 26.1 Å². The van der Waals surface area contributed by atoms with Gasteiger partial charge in [0.15, 0.2) is 12.5 Å². The van der Waals surface area contributed by atoms with Gasteiger partial charge in [0.1, 0.15) is 0 Å². The van der Waals surface area contributed by atoms with Gasteiger partial charge < -0.3 is 18.9 Å². The first-order valence-electron chi connectivity index (χ1n) is 19.0. The number of hydrogen-bond acceptors (Lipinski definition) is 8. The zero-order chi connectivity index (χ0) is 35.7. The Hall–Kier alpha value is -3.04. The molecule has 8 heteroatoms. The Kier molecular flexibility index (Phi) is 16.5. The number of rotatable bonds is 18. The van der Waals surface area contributed by atoms with E-state index in [1.54, 1.807) is 0 Å². The van der Waals surface area contributed by atoms with Gasteiger partial charge in [-0.1, -0.05) is 112 Å². The maximum atomic E-state index is 12.8. The average Bonchev–Trinajstić information content (AvgIpc) is 3.48. The summed E-state index contributed by atoms with van der Waals surface area (Å²) in [6, 6.07) is 21.1. The molecule has 0 spiro atoms. The van der Waals surface area contributed by atoms with Crippen LogP contribution in [0.15, 0.2) is 72.8 Å². The Morgan fingerprint density at radius 1 is 0.580 bits per heavy atom. The van der Waals surface area contributed by atoms with Crippen LogP contribution in [0.1, 0.15) is 101 Å². The van der Waals surface area contributed by atoms with Crippen LogP contribution in [0.3, 0.4) is 0 Å². The third-order valence-electron chi connectivity index (χ3n) is 10.3. The lowest BCUT2D eigenvalue weighted by Gasteiger charge is -2.34. The van der Waals surface area contributed by atoms with Gasteiger partial charge >= 0.3 is 11.9 Å². The molecular formula is C42H62N2O6. The molecule has 0 aromatic heterocycles. The predicted octanol–water partition coefficient (Wildman–Crippen LogP) is 7.89. The van der Waals surface area contributed by atoms with Gasteiger partial charge in [0, 0.05) is 37.8 Å². The van der Waals surface area contributed by atoms with Crippen molar-refractivity contribution in [1.29, 1.82) is 0 Å². The fourth-order valence-electron chi connectivity index (χ4n) is 7.51. The van der Waals surface area contributed by atoms with Gasteiger partial charge in [0.05, 0.1) is 24.4 Å². The summed E-state index contributed by atoms with van der Waals surface area (Å²) in [5.74, 6) is -1.18. The number of hydrogen-bond donors (Lipinski definition) is 0. The maximum absolute atomic E-state index is 12.8. The molecule has 0 heterocycles. The Bertz CT molecular complexity index is 1180. The zero-order valence-corrected chi connectivity index (χ0v) is 31.2. The van der Waals surface area contributed by atoms with Crippen molar-refractivity contribution in [3.8, 4) is 0 Å². The van der Waals surface area contributed by atoms with E-state index in [2.05, 4.69) is 48.5 Å². The Morgan fingerprint density at radius 3 is 1.24 bits per heavy atom. The second-order valence-electron chi connectivity index (χ2n) is 14.8. The molecule has 276 valence electrons. The molecular weight excluding hydrogens is 628 g/mol. The summed E-state index contributed by atoms with van der Waals surface area (Å²) in [6.45, 7) is 0.960. The summed E-state index contributed by atoms with van der Waals surface area (Å²) in [7, 11) is 7.52. The highest BCUT2D eigenvalue weighted by Gasteiger charge is 2.34. The standard InChI is InChI=1S/C42H62N2O6/c1-43(2)37(25-31-47-41(27-15-5-6-16-28-41)33-35-19-11-9-12-20-35)49-39(45)23-24-40(46)50-38(44(3)4)26-32-48-42(29-17-7-8-18-30-42)34-36-21-13-10-14-22-36/h9-14,19-24,37-38H,5-8,15-18,25-34H2,1-4H3/b24-23+. The van der Waals surface area contributed by atoms with Crippen LogP contribution in [-0.2, 0) is 41.4 Å². The monoisotopic (exact) mass is 690 g/mol. The maximum Gasteiger partial charge on any atom is 0.332 e. The molecule has 2 saturated carbocycles. The van der Waals surface area contributed by atoms with E-state index in [4.69, 9.17) is 18.9 Å². The van der Waals surface area contributed by atoms with Gasteiger partial charge in [-0.15, -0.1) is 0 Å². The lowest BCUT2D eigenvalue weighted by molar-refractivity contribution is -0.157. The summed E-state index contributed by atoms with van der Waals surface area (Å²) >= 11 is 0. The lowest BCUT2D eigenvalue weighted by Crippen LogP contribution is -2.38. The number of carbonyl (C=O) groups is 2. The van der Waals surface area contributed by atoms with E-state index in [1.165, 1.54) is 36.8 Å². The number of carbonyl (C=O) groups excluding carboxylic acids is 2.